The second-order valence-corrected chi connectivity index (χ2v) is 7.82. The van der Waals surface area contributed by atoms with Crippen LogP contribution in [0.25, 0.3) is 0 Å². The highest BCUT2D eigenvalue weighted by Crippen LogP contribution is 2.34. The molecule has 0 saturated heterocycles. The van der Waals surface area contributed by atoms with Crippen LogP contribution in [0.1, 0.15) is 41.3 Å². The zero-order valence-electron chi connectivity index (χ0n) is 14.5. The number of anilines is 1. The van der Waals surface area contributed by atoms with E-state index in [0.29, 0.717) is 6.42 Å². The third-order valence-corrected chi connectivity index (χ3v) is 6.14. The van der Waals surface area contributed by atoms with Crippen molar-refractivity contribution in [3.8, 4) is 0 Å². The Morgan fingerprint density at radius 1 is 1.32 bits per heavy atom. The summed E-state index contributed by atoms with van der Waals surface area (Å²) in [5.41, 5.74) is 4.85. The standard InChI is InChI=1S/C19H21N3O2S/c1-11-5-3-6-12(2)17(11)21-16(23)9-13-10-25-19-20-15-8-4-7-14(15)18(24)22(13)19/h3,5-6,13H,4,7-10H2,1-2H3,(H,21,23). The van der Waals surface area contributed by atoms with Gasteiger partial charge in [0.15, 0.2) is 5.16 Å². The molecule has 1 amide bonds. The van der Waals surface area contributed by atoms with Crippen molar-refractivity contribution < 1.29 is 4.79 Å². The van der Waals surface area contributed by atoms with Crippen molar-refractivity contribution in [2.45, 2.75) is 50.7 Å². The van der Waals surface area contributed by atoms with E-state index in [1.54, 1.807) is 16.3 Å². The van der Waals surface area contributed by atoms with Gasteiger partial charge in [0, 0.05) is 23.4 Å². The van der Waals surface area contributed by atoms with Gasteiger partial charge in [-0.3, -0.25) is 14.2 Å². The molecule has 2 aliphatic rings. The van der Waals surface area contributed by atoms with Crippen LogP contribution in [0.5, 0.6) is 0 Å². The van der Waals surface area contributed by atoms with Gasteiger partial charge in [0.25, 0.3) is 5.56 Å². The number of nitrogens with zero attached hydrogens (tertiary/aromatic N) is 2. The summed E-state index contributed by atoms with van der Waals surface area (Å²) in [7, 11) is 0. The van der Waals surface area contributed by atoms with Crippen LogP contribution in [0, 0.1) is 13.8 Å². The Balaban J connectivity index is 1.56. The van der Waals surface area contributed by atoms with Crippen LogP contribution < -0.4 is 10.9 Å². The van der Waals surface area contributed by atoms with Gasteiger partial charge < -0.3 is 5.32 Å². The molecule has 130 valence electrons. The van der Waals surface area contributed by atoms with Gasteiger partial charge in [0.05, 0.1) is 11.7 Å². The molecule has 0 saturated carbocycles. The summed E-state index contributed by atoms with van der Waals surface area (Å²) < 4.78 is 1.75. The molecule has 1 atom stereocenters. The van der Waals surface area contributed by atoms with E-state index < -0.39 is 0 Å². The third kappa shape index (κ3) is 2.88. The van der Waals surface area contributed by atoms with Gasteiger partial charge in [-0.15, -0.1) is 0 Å². The lowest BCUT2D eigenvalue weighted by Crippen LogP contribution is -2.30. The molecule has 1 aliphatic heterocycles. The topological polar surface area (TPSA) is 64.0 Å². The number of hydrogen-bond donors (Lipinski definition) is 1. The van der Waals surface area contributed by atoms with E-state index >= 15 is 0 Å². The predicted octanol–water partition coefficient (Wildman–Crippen LogP) is 3.02. The number of hydrogen-bond acceptors (Lipinski definition) is 4. The van der Waals surface area contributed by atoms with Crippen LogP contribution in [-0.2, 0) is 17.6 Å². The lowest BCUT2D eigenvalue weighted by Gasteiger charge is -2.16. The number of aryl methyl sites for hydroxylation is 3. The van der Waals surface area contributed by atoms with Crippen molar-refractivity contribution >= 4 is 23.4 Å². The highest BCUT2D eigenvalue weighted by atomic mass is 32.2. The van der Waals surface area contributed by atoms with Gasteiger partial charge in [0.1, 0.15) is 0 Å². The molecule has 25 heavy (non-hydrogen) atoms. The first-order valence-electron chi connectivity index (χ1n) is 8.67. The number of thioether (sulfide) groups is 1. The van der Waals surface area contributed by atoms with Crippen LogP contribution in [0.4, 0.5) is 5.69 Å². The lowest BCUT2D eigenvalue weighted by molar-refractivity contribution is -0.116. The zero-order chi connectivity index (χ0) is 17.6. The fourth-order valence-electron chi connectivity index (χ4n) is 3.72. The number of carbonyl (C=O) groups is 1. The number of aromatic nitrogens is 2. The molecule has 6 heteroatoms. The normalized spacial score (nSPS) is 18.1. The van der Waals surface area contributed by atoms with Gasteiger partial charge in [-0.05, 0) is 44.2 Å². The van der Waals surface area contributed by atoms with Crippen LogP contribution in [0.2, 0.25) is 0 Å². The molecular formula is C19H21N3O2S. The van der Waals surface area contributed by atoms with E-state index in [9.17, 15) is 9.59 Å². The fourth-order valence-corrected chi connectivity index (χ4v) is 4.87. The predicted molar refractivity (Wildman–Crippen MR) is 99.4 cm³/mol. The van der Waals surface area contributed by atoms with Gasteiger partial charge in [-0.25, -0.2) is 4.98 Å². The number of benzene rings is 1. The minimum atomic E-state index is -0.116. The fraction of sp³-hybridized carbons (Fsp3) is 0.421. The second-order valence-electron chi connectivity index (χ2n) is 6.83. The molecule has 1 aromatic carbocycles. The molecule has 1 aromatic heterocycles. The lowest BCUT2D eigenvalue weighted by atomic mass is 10.1. The number of nitrogens with one attached hydrogen (secondary N) is 1. The molecule has 0 bridgehead atoms. The smallest absolute Gasteiger partial charge is 0.257 e. The summed E-state index contributed by atoms with van der Waals surface area (Å²) in [6.07, 6.45) is 3.02. The molecule has 2 heterocycles. The van der Waals surface area contributed by atoms with Gasteiger partial charge in [0.2, 0.25) is 5.91 Å². The first kappa shape index (κ1) is 16.4. The van der Waals surface area contributed by atoms with Gasteiger partial charge in [-0.1, -0.05) is 30.0 Å². The number of amides is 1. The highest BCUT2D eigenvalue weighted by Gasteiger charge is 2.31. The van der Waals surface area contributed by atoms with E-state index in [1.807, 2.05) is 32.0 Å². The minimum Gasteiger partial charge on any atom is -0.326 e. The highest BCUT2D eigenvalue weighted by molar-refractivity contribution is 7.99. The summed E-state index contributed by atoms with van der Waals surface area (Å²) in [5, 5.41) is 3.80. The van der Waals surface area contributed by atoms with Crippen molar-refractivity contribution in [3.05, 3.63) is 50.9 Å². The summed E-state index contributed by atoms with van der Waals surface area (Å²) >= 11 is 1.58. The van der Waals surface area contributed by atoms with E-state index in [2.05, 4.69) is 10.3 Å². The molecular weight excluding hydrogens is 334 g/mol. The van der Waals surface area contributed by atoms with Crippen molar-refractivity contribution in [1.82, 2.24) is 9.55 Å². The van der Waals surface area contributed by atoms with E-state index in [-0.39, 0.29) is 17.5 Å². The summed E-state index contributed by atoms with van der Waals surface area (Å²) in [6, 6.07) is 5.84. The minimum absolute atomic E-state index is 0.0525. The Labute approximate surface area is 150 Å². The van der Waals surface area contributed by atoms with Crippen LogP contribution >= 0.6 is 11.8 Å². The second kappa shape index (κ2) is 6.33. The summed E-state index contributed by atoms with van der Waals surface area (Å²) in [4.78, 5) is 30.0. The average Bonchev–Trinajstić information content (AvgIpc) is 3.19. The molecule has 0 radical (unpaired) electrons. The average molecular weight is 355 g/mol. The number of carbonyl (C=O) groups excluding carboxylic acids is 1. The zero-order valence-corrected chi connectivity index (χ0v) is 15.3. The van der Waals surface area contributed by atoms with Crippen molar-refractivity contribution in [1.29, 1.82) is 0 Å². The SMILES string of the molecule is Cc1cccc(C)c1NC(=O)CC1CSc2nc3c(c(=O)n21)CCC3. The maximum absolute atomic E-state index is 12.8. The Hall–Kier alpha value is -2.08. The monoisotopic (exact) mass is 355 g/mol. The van der Waals surface area contributed by atoms with E-state index in [1.165, 1.54) is 0 Å². The maximum Gasteiger partial charge on any atom is 0.257 e. The Kier molecular flexibility index (Phi) is 4.15. The molecule has 0 fully saturated rings. The number of fused-ring (bicyclic) bond motifs is 2. The van der Waals surface area contributed by atoms with Gasteiger partial charge in [-0.2, -0.15) is 0 Å². The number of para-hydroxylation sites is 1. The van der Waals surface area contributed by atoms with Crippen LogP contribution in [0.15, 0.2) is 28.2 Å². The third-order valence-electron chi connectivity index (χ3n) is 5.04. The molecule has 4 rings (SSSR count). The Morgan fingerprint density at radius 3 is 2.84 bits per heavy atom. The van der Waals surface area contributed by atoms with Crippen LogP contribution in [-0.4, -0.2) is 21.2 Å². The molecule has 1 aliphatic carbocycles. The van der Waals surface area contributed by atoms with Gasteiger partial charge >= 0.3 is 0 Å². The molecule has 5 nitrogen and oxygen atoms in total. The summed E-state index contributed by atoms with van der Waals surface area (Å²) in [6.45, 7) is 3.97. The maximum atomic E-state index is 12.8. The Morgan fingerprint density at radius 2 is 2.08 bits per heavy atom. The largest absolute Gasteiger partial charge is 0.326 e. The molecule has 1 unspecified atom stereocenters. The number of rotatable bonds is 3. The Bertz CT molecular complexity index is 899. The van der Waals surface area contributed by atoms with E-state index in [0.717, 1.165) is 58.2 Å². The molecule has 1 N–H and O–H groups in total. The van der Waals surface area contributed by atoms with Crippen molar-refractivity contribution in [3.63, 3.8) is 0 Å². The first-order chi connectivity index (χ1) is 12.0. The summed E-state index contributed by atoms with van der Waals surface area (Å²) in [5.74, 6) is 0.675. The quantitative estimate of drug-likeness (QED) is 0.860. The van der Waals surface area contributed by atoms with E-state index in [4.69, 9.17) is 0 Å². The first-order valence-corrected chi connectivity index (χ1v) is 9.66. The van der Waals surface area contributed by atoms with Crippen molar-refractivity contribution in [2.75, 3.05) is 11.1 Å². The van der Waals surface area contributed by atoms with Crippen molar-refractivity contribution in [2.24, 2.45) is 0 Å². The van der Waals surface area contributed by atoms with Crippen LogP contribution in [0.3, 0.4) is 0 Å². The molecule has 2 aromatic rings. The molecule has 0 spiro atoms.